The number of aryl methyl sites for hydroxylation is 1. The van der Waals surface area contributed by atoms with Crippen molar-refractivity contribution in [3.05, 3.63) is 77.1 Å². The standard InChI is InChI=1S/C22H23N3O3/c1-15-13-17(16(2)25(15)18-9-11-19(27-3)12-10-18)14-23-24-22(26)20-7-5-6-8-21(20)28-4/h5-14H,1-4H3,(H,24,26)/b23-14-. The smallest absolute Gasteiger partial charge is 0.275 e. The van der Waals surface area contributed by atoms with E-state index in [9.17, 15) is 4.79 Å². The van der Waals surface area contributed by atoms with E-state index in [2.05, 4.69) is 15.1 Å². The molecule has 0 bridgehead atoms. The Morgan fingerprint density at radius 1 is 1.04 bits per heavy atom. The summed E-state index contributed by atoms with van der Waals surface area (Å²) in [7, 11) is 3.18. The average molecular weight is 377 g/mol. The van der Waals surface area contributed by atoms with Gasteiger partial charge in [0.25, 0.3) is 5.91 Å². The molecule has 0 atom stereocenters. The molecule has 3 aromatic rings. The van der Waals surface area contributed by atoms with Crippen LogP contribution in [0.15, 0.2) is 59.7 Å². The van der Waals surface area contributed by atoms with Crippen molar-refractivity contribution < 1.29 is 14.3 Å². The van der Waals surface area contributed by atoms with Gasteiger partial charge in [-0.3, -0.25) is 4.79 Å². The van der Waals surface area contributed by atoms with E-state index in [1.807, 2.05) is 50.2 Å². The fourth-order valence-electron chi connectivity index (χ4n) is 3.10. The number of hydrogen-bond acceptors (Lipinski definition) is 4. The second kappa shape index (κ2) is 8.43. The van der Waals surface area contributed by atoms with Crippen LogP contribution in [0.5, 0.6) is 11.5 Å². The minimum Gasteiger partial charge on any atom is -0.497 e. The summed E-state index contributed by atoms with van der Waals surface area (Å²) in [6.07, 6.45) is 1.65. The number of nitrogens with zero attached hydrogens (tertiary/aromatic N) is 2. The first-order valence-corrected chi connectivity index (χ1v) is 8.85. The SMILES string of the molecule is COc1ccc(-n2c(C)cc(/C=N\NC(=O)c3ccccc3OC)c2C)cc1. The van der Waals surface area contributed by atoms with Crippen LogP contribution in [0.25, 0.3) is 5.69 Å². The molecule has 0 unspecified atom stereocenters. The molecule has 0 spiro atoms. The summed E-state index contributed by atoms with van der Waals surface area (Å²) in [5.74, 6) is 0.998. The molecule has 3 rings (SSSR count). The van der Waals surface area contributed by atoms with E-state index in [1.54, 1.807) is 31.5 Å². The van der Waals surface area contributed by atoms with E-state index in [0.717, 1.165) is 28.4 Å². The van der Waals surface area contributed by atoms with E-state index in [1.165, 1.54) is 7.11 Å². The first kappa shape index (κ1) is 19.2. The highest BCUT2D eigenvalue weighted by Crippen LogP contribution is 2.22. The van der Waals surface area contributed by atoms with Crippen molar-refractivity contribution in [2.24, 2.45) is 5.10 Å². The van der Waals surface area contributed by atoms with Crippen molar-refractivity contribution >= 4 is 12.1 Å². The lowest BCUT2D eigenvalue weighted by Gasteiger charge is -2.10. The number of ether oxygens (including phenoxy) is 2. The summed E-state index contributed by atoms with van der Waals surface area (Å²) < 4.78 is 12.6. The molecule has 1 N–H and O–H groups in total. The van der Waals surface area contributed by atoms with Gasteiger partial charge in [0.05, 0.1) is 26.0 Å². The number of hydrogen-bond donors (Lipinski definition) is 1. The molecule has 1 heterocycles. The Balaban J connectivity index is 1.78. The Morgan fingerprint density at radius 2 is 1.75 bits per heavy atom. The zero-order valence-corrected chi connectivity index (χ0v) is 16.4. The zero-order valence-electron chi connectivity index (χ0n) is 16.4. The van der Waals surface area contributed by atoms with Crippen LogP contribution in [-0.2, 0) is 0 Å². The van der Waals surface area contributed by atoms with Gasteiger partial charge >= 0.3 is 0 Å². The van der Waals surface area contributed by atoms with Gasteiger partial charge in [0.15, 0.2) is 0 Å². The lowest BCUT2D eigenvalue weighted by atomic mass is 10.2. The first-order valence-electron chi connectivity index (χ1n) is 8.85. The molecular weight excluding hydrogens is 354 g/mol. The van der Waals surface area contributed by atoms with Crippen LogP contribution in [0.3, 0.4) is 0 Å². The lowest BCUT2D eigenvalue weighted by Crippen LogP contribution is -2.18. The molecule has 2 aromatic carbocycles. The maximum absolute atomic E-state index is 12.3. The minimum absolute atomic E-state index is 0.322. The molecular formula is C22H23N3O3. The maximum atomic E-state index is 12.3. The van der Waals surface area contributed by atoms with Crippen LogP contribution in [0.4, 0.5) is 0 Å². The number of carbonyl (C=O) groups excluding carboxylic acids is 1. The molecule has 6 heteroatoms. The number of amides is 1. The van der Waals surface area contributed by atoms with Gasteiger partial charge in [-0.1, -0.05) is 12.1 Å². The van der Waals surface area contributed by atoms with Gasteiger partial charge in [0.1, 0.15) is 11.5 Å². The molecule has 0 radical (unpaired) electrons. The summed E-state index contributed by atoms with van der Waals surface area (Å²) in [5, 5.41) is 4.12. The predicted octanol–water partition coefficient (Wildman–Crippen LogP) is 3.88. The molecule has 144 valence electrons. The molecule has 0 aliphatic heterocycles. The van der Waals surface area contributed by atoms with Crippen molar-refractivity contribution in [2.45, 2.75) is 13.8 Å². The predicted molar refractivity (Wildman–Crippen MR) is 110 cm³/mol. The monoisotopic (exact) mass is 377 g/mol. The van der Waals surface area contributed by atoms with Crippen LogP contribution in [0.1, 0.15) is 27.3 Å². The van der Waals surface area contributed by atoms with Gasteiger partial charge in [-0.25, -0.2) is 5.43 Å². The number of rotatable bonds is 6. The van der Waals surface area contributed by atoms with E-state index in [-0.39, 0.29) is 5.91 Å². The number of benzene rings is 2. The van der Waals surface area contributed by atoms with Crippen molar-refractivity contribution in [1.29, 1.82) is 0 Å². The van der Waals surface area contributed by atoms with Crippen molar-refractivity contribution in [3.8, 4) is 17.2 Å². The molecule has 0 saturated carbocycles. The maximum Gasteiger partial charge on any atom is 0.275 e. The van der Waals surface area contributed by atoms with Gasteiger partial charge in [-0.05, 0) is 56.3 Å². The fourth-order valence-corrected chi connectivity index (χ4v) is 3.10. The van der Waals surface area contributed by atoms with Crippen LogP contribution in [-0.4, -0.2) is 30.9 Å². The van der Waals surface area contributed by atoms with Gasteiger partial charge in [-0.15, -0.1) is 0 Å². The Hall–Kier alpha value is -3.54. The topological polar surface area (TPSA) is 64.8 Å². The minimum atomic E-state index is -0.322. The molecule has 28 heavy (non-hydrogen) atoms. The van der Waals surface area contributed by atoms with Crippen LogP contribution in [0.2, 0.25) is 0 Å². The van der Waals surface area contributed by atoms with Crippen LogP contribution in [0, 0.1) is 13.8 Å². The third-order valence-electron chi connectivity index (χ3n) is 4.52. The Morgan fingerprint density at radius 3 is 2.43 bits per heavy atom. The van der Waals surface area contributed by atoms with Crippen molar-refractivity contribution in [3.63, 3.8) is 0 Å². The van der Waals surface area contributed by atoms with Gasteiger partial charge < -0.3 is 14.0 Å². The van der Waals surface area contributed by atoms with Gasteiger partial charge in [0.2, 0.25) is 0 Å². The van der Waals surface area contributed by atoms with Crippen molar-refractivity contribution in [1.82, 2.24) is 9.99 Å². The first-order chi connectivity index (χ1) is 13.5. The molecule has 0 fully saturated rings. The van der Waals surface area contributed by atoms with Crippen LogP contribution >= 0.6 is 0 Å². The van der Waals surface area contributed by atoms with E-state index < -0.39 is 0 Å². The van der Waals surface area contributed by atoms with Gasteiger partial charge in [-0.2, -0.15) is 5.10 Å². The highest BCUT2D eigenvalue weighted by Gasteiger charge is 2.12. The number of aromatic nitrogens is 1. The van der Waals surface area contributed by atoms with E-state index in [0.29, 0.717) is 11.3 Å². The third kappa shape index (κ3) is 3.91. The fraction of sp³-hybridized carbons (Fsp3) is 0.182. The van der Waals surface area contributed by atoms with Crippen molar-refractivity contribution in [2.75, 3.05) is 14.2 Å². The molecule has 0 saturated heterocycles. The molecule has 6 nitrogen and oxygen atoms in total. The van der Waals surface area contributed by atoms with E-state index >= 15 is 0 Å². The quantitative estimate of drug-likeness (QED) is 0.524. The second-order valence-electron chi connectivity index (χ2n) is 6.26. The number of para-hydroxylation sites is 1. The largest absolute Gasteiger partial charge is 0.497 e. The molecule has 0 aliphatic rings. The lowest BCUT2D eigenvalue weighted by molar-refractivity contribution is 0.0952. The number of carbonyl (C=O) groups is 1. The number of hydrazone groups is 1. The summed E-state index contributed by atoms with van der Waals surface area (Å²) in [6.45, 7) is 4.04. The number of nitrogens with one attached hydrogen (secondary N) is 1. The highest BCUT2D eigenvalue weighted by atomic mass is 16.5. The summed E-state index contributed by atoms with van der Waals surface area (Å²) >= 11 is 0. The molecule has 0 aliphatic carbocycles. The zero-order chi connectivity index (χ0) is 20.1. The average Bonchev–Trinajstić information content (AvgIpc) is 3.01. The Labute approximate surface area is 164 Å². The normalized spacial score (nSPS) is 10.9. The summed E-state index contributed by atoms with van der Waals surface area (Å²) in [6, 6.07) is 16.9. The molecule has 1 amide bonds. The highest BCUT2D eigenvalue weighted by molar-refractivity contribution is 5.97. The summed E-state index contributed by atoms with van der Waals surface area (Å²) in [5.41, 5.74) is 7.05. The number of methoxy groups -OCH3 is 2. The Bertz CT molecular complexity index is 1000. The van der Waals surface area contributed by atoms with Gasteiger partial charge in [0, 0.05) is 22.6 Å². The molecule has 1 aromatic heterocycles. The third-order valence-corrected chi connectivity index (χ3v) is 4.52. The Kier molecular flexibility index (Phi) is 5.79. The van der Waals surface area contributed by atoms with E-state index in [4.69, 9.17) is 9.47 Å². The van der Waals surface area contributed by atoms with Crippen LogP contribution < -0.4 is 14.9 Å². The summed E-state index contributed by atoms with van der Waals surface area (Å²) in [4.78, 5) is 12.3. The second-order valence-corrected chi connectivity index (χ2v) is 6.26.